The number of hydrogen-bond donors (Lipinski definition) is 2. The molecule has 17 heavy (non-hydrogen) atoms. The minimum atomic E-state index is -0.0995. The van der Waals surface area contributed by atoms with Crippen LogP contribution in [0.3, 0.4) is 0 Å². The van der Waals surface area contributed by atoms with E-state index < -0.39 is 0 Å². The van der Waals surface area contributed by atoms with E-state index in [0.717, 1.165) is 0 Å². The predicted molar refractivity (Wildman–Crippen MR) is 59.1 cm³/mol. The second kappa shape index (κ2) is 5.21. The first-order valence-corrected chi connectivity index (χ1v) is 5.01. The van der Waals surface area contributed by atoms with Crippen molar-refractivity contribution in [2.75, 3.05) is 25.6 Å². The summed E-state index contributed by atoms with van der Waals surface area (Å²) in [7, 11) is 1.69. The highest BCUT2D eigenvalue weighted by Gasteiger charge is 2.08. The van der Waals surface area contributed by atoms with Crippen molar-refractivity contribution in [3.63, 3.8) is 0 Å². The van der Waals surface area contributed by atoms with Crippen molar-refractivity contribution in [3.8, 4) is 12.0 Å². The SMILES string of the molecule is CNc1nc(OCCO)nc(-n2cccn2)n1. The van der Waals surface area contributed by atoms with E-state index in [0.29, 0.717) is 11.9 Å². The molecule has 2 aromatic heterocycles. The number of anilines is 1. The molecule has 2 heterocycles. The topological polar surface area (TPSA) is 98.0 Å². The van der Waals surface area contributed by atoms with Crippen molar-refractivity contribution in [1.82, 2.24) is 24.7 Å². The maximum Gasteiger partial charge on any atom is 0.323 e. The zero-order valence-electron chi connectivity index (χ0n) is 9.24. The van der Waals surface area contributed by atoms with Crippen LogP contribution in [0.15, 0.2) is 18.5 Å². The fourth-order valence-corrected chi connectivity index (χ4v) is 1.15. The summed E-state index contributed by atoms with van der Waals surface area (Å²) in [6.45, 7) is 0.0311. The number of rotatable bonds is 5. The maximum absolute atomic E-state index is 8.68. The molecule has 8 heteroatoms. The van der Waals surface area contributed by atoms with Crippen LogP contribution in [-0.4, -0.2) is 50.1 Å². The van der Waals surface area contributed by atoms with Crippen LogP contribution in [0.1, 0.15) is 0 Å². The van der Waals surface area contributed by atoms with E-state index >= 15 is 0 Å². The maximum atomic E-state index is 8.68. The third-order valence-corrected chi connectivity index (χ3v) is 1.86. The molecule has 2 rings (SSSR count). The number of ether oxygens (including phenoxy) is 1. The van der Waals surface area contributed by atoms with Gasteiger partial charge in [0, 0.05) is 19.4 Å². The number of aromatic nitrogens is 5. The van der Waals surface area contributed by atoms with Crippen molar-refractivity contribution in [2.45, 2.75) is 0 Å². The van der Waals surface area contributed by atoms with Crippen molar-refractivity contribution in [3.05, 3.63) is 18.5 Å². The highest BCUT2D eigenvalue weighted by Crippen LogP contribution is 2.09. The minimum Gasteiger partial charge on any atom is -0.461 e. The van der Waals surface area contributed by atoms with Gasteiger partial charge in [0.05, 0.1) is 6.61 Å². The van der Waals surface area contributed by atoms with Gasteiger partial charge < -0.3 is 15.2 Å². The van der Waals surface area contributed by atoms with Gasteiger partial charge in [-0.15, -0.1) is 0 Å². The van der Waals surface area contributed by atoms with E-state index in [1.165, 1.54) is 4.68 Å². The average Bonchev–Trinajstić information content (AvgIpc) is 2.89. The molecule has 0 saturated heterocycles. The summed E-state index contributed by atoms with van der Waals surface area (Å²) in [6.07, 6.45) is 3.34. The van der Waals surface area contributed by atoms with Gasteiger partial charge in [0.25, 0.3) is 5.95 Å². The van der Waals surface area contributed by atoms with E-state index in [9.17, 15) is 0 Å². The third-order valence-electron chi connectivity index (χ3n) is 1.86. The molecule has 0 radical (unpaired) electrons. The molecular weight excluding hydrogens is 224 g/mol. The number of aliphatic hydroxyl groups is 1. The van der Waals surface area contributed by atoms with E-state index in [2.05, 4.69) is 25.4 Å². The highest BCUT2D eigenvalue weighted by molar-refractivity contribution is 5.28. The summed E-state index contributed by atoms with van der Waals surface area (Å²) >= 11 is 0. The second-order valence-electron chi connectivity index (χ2n) is 3.01. The molecule has 2 aromatic rings. The van der Waals surface area contributed by atoms with Gasteiger partial charge in [-0.05, 0) is 6.07 Å². The Morgan fingerprint density at radius 1 is 1.41 bits per heavy atom. The highest BCUT2D eigenvalue weighted by atomic mass is 16.5. The first kappa shape index (κ1) is 11.3. The summed E-state index contributed by atoms with van der Waals surface area (Å²) < 4.78 is 6.64. The Balaban J connectivity index is 2.32. The second-order valence-corrected chi connectivity index (χ2v) is 3.01. The summed E-state index contributed by atoms with van der Waals surface area (Å²) in [5, 5.41) is 15.5. The summed E-state index contributed by atoms with van der Waals surface area (Å²) in [5.41, 5.74) is 0. The van der Waals surface area contributed by atoms with Crippen LogP contribution in [0.5, 0.6) is 6.01 Å². The fourth-order valence-electron chi connectivity index (χ4n) is 1.15. The lowest BCUT2D eigenvalue weighted by Crippen LogP contribution is -2.11. The Labute approximate surface area is 97.3 Å². The Morgan fingerprint density at radius 3 is 2.94 bits per heavy atom. The molecule has 0 bridgehead atoms. The van der Waals surface area contributed by atoms with Gasteiger partial charge in [0.2, 0.25) is 5.95 Å². The Kier molecular flexibility index (Phi) is 3.46. The zero-order valence-corrected chi connectivity index (χ0v) is 9.24. The lowest BCUT2D eigenvalue weighted by molar-refractivity contribution is 0.191. The predicted octanol–water partition coefficient (Wildman–Crippen LogP) is -0.530. The standard InChI is InChI=1S/C9H12N6O2/c1-10-7-12-8(15-4-2-3-11-15)14-9(13-7)17-6-5-16/h2-4,16H,5-6H2,1H3,(H,10,12,13,14). The molecule has 0 aliphatic rings. The fraction of sp³-hybridized carbons (Fsp3) is 0.333. The van der Waals surface area contributed by atoms with Crippen molar-refractivity contribution in [2.24, 2.45) is 0 Å². The first-order valence-electron chi connectivity index (χ1n) is 5.01. The van der Waals surface area contributed by atoms with E-state index in [1.54, 1.807) is 25.5 Å². The molecule has 0 amide bonds. The van der Waals surface area contributed by atoms with Crippen molar-refractivity contribution >= 4 is 5.95 Å². The zero-order chi connectivity index (χ0) is 12.1. The largest absolute Gasteiger partial charge is 0.461 e. The molecule has 0 spiro atoms. The van der Waals surface area contributed by atoms with E-state index in [4.69, 9.17) is 9.84 Å². The number of nitrogens with zero attached hydrogens (tertiary/aromatic N) is 5. The lowest BCUT2D eigenvalue weighted by Gasteiger charge is -2.06. The third kappa shape index (κ3) is 2.67. The molecule has 0 fully saturated rings. The minimum absolute atomic E-state index is 0.0995. The first-order chi connectivity index (χ1) is 8.33. The van der Waals surface area contributed by atoms with Gasteiger partial charge in [0.15, 0.2) is 0 Å². The van der Waals surface area contributed by atoms with E-state index in [-0.39, 0.29) is 19.2 Å². The van der Waals surface area contributed by atoms with Crippen LogP contribution in [0.4, 0.5) is 5.95 Å². The molecule has 0 saturated carbocycles. The van der Waals surface area contributed by atoms with Crippen LogP contribution in [0.2, 0.25) is 0 Å². The lowest BCUT2D eigenvalue weighted by atomic mass is 10.7. The molecule has 0 aromatic carbocycles. The monoisotopic (exact) mass is 236 g/mol. The van der Waals surface area contributed by atoms with Gasteiger partial charge in [-0.2, -0.15) is 20.1 Å². The van der Waals surface area contributed by atoms with Crippen LogP contribution < -0.4 is 10.1 Å². The smallest absolute Gasteiger partial charge is 0.323 e. The van der Waals surface area contributed by atoms with Gasteiger partial charge in [-0.25, -0.2) is 4.68 Å². The van der Waals surface area contributed by atoms with Crippen LogP contribution in [0.25, 0.3) is 5.95 Å². The quantitative estimate of drug-likeness (QED) is 0.720. The van der Waals surface area contributed by atoms with Gasteiger partial charge in [-0.1, -0.05) is 0 Å². The molecule has 0 aliphatic heterocycles. The Morgan fingerprint density at radius 2 is 2.29 bits per heavy atom. The van der Waals surface area contributed by atoms with Crippen LogP contribution in [0, 0.1) is 0 Å². The van der Waals surface area contributed by atoms with Crippen molar-refractivity contribution < 1.29 is 9.84 Å². The Hall–Kier alpha value is -2.22. The number of hydrogen-bond acceptors (Lipinski definition) is 7. The number of aliphatic hydroxyl groups excluding tert-OH is 1. The molecule has 0 unspecified atom stereocenters. The van der Waals surface area contributed by atoms with Crippen LogP contribution in [-0.2, 0) is 0 Å². The van der Waals surface area contributed by atoms with Crippen molar-refractivity contribution in [1.29, 1.82) is 0 Å². The summed E-state index contributed by atoms with van der Waals surface area (Å²) in [6, 6.07) is 1.90. The van der Waals surface area contributed by atoms with Gasteiger partial charge >= 0.3 is 6.01 Å². The molecule has 2 N–H and O–H groups in total. The summed E-state index contributed by atoms with van der Waals surface area (Å²) in [4.78, 5) is 12.2. The molecule has 90 valence electrons. The molecule has 0 aliphatic carbocycles. The average molecular weight is 236 g/mol. The number of nitrogens with one attached hydrogen (secondary N) is 1. The normalized spacial score (nSPS) is 10.2. The molecule has 8 nitrogen and oxygen atoms in total. The van der Waals surface area contributed by atoms with Crippen LogP contribution >= 0.6 is 0 Å². The van der Waals surface area contributed by atoms with Gasteiger partial charge in [0.1, 0.15) is 6.61 Å². The Bertz CT molecular complexity index is 472. The van der Waals surface area contributed by atoms with E-state index in [1.807, 2.05) is 0 Å². The molecule has 0 atom stereocenters. The summed E-state index contributed by atoms with van der Waals surface area (Å²) in [5.74, 6) is 0.723. The van der Waals surface area contributed by atoms with Gasteiger partial charge in [-0.3, -0.25) is 0 Å². The molecular formula is C9H12N6O2.